The highest BCUT2D eigenvalue weighted by molar-refractivity contribution is 7.89. The first-order chi connectivity index (χ1) is 12.2. The highest BCUT2D eigenvalue weighted by atomic mass is 32.2. The van der Waals surface area contributed by atoms with E-state index in [2.05, 4.69) is 18.7 Å². The second kappa shape index (κ2) is 8.43. The van der Waals surface area contributed by atoms with Crippen LogP contribution in [0.2, 0.25) is 0 Å². The van der Waals surface area contributed by atoms with Gasteiger partial charge in [-0.2, -0.15) is 4.31 Å². The number of carboxylic acid groups (broad SMARTS) is 1. The van der Waals surface area contributed by atoms with Crippen LogP contribution in [-0.4, -0.2) is 72.6 Å². The first-order valence-electron chi connectivity index (χ1n) is 8.54. The Kier molecular flexibility index (Phi) is 6.73. The molecule has 0 aliphatic carbocycles. The van der Waals surface area contributed by atoms with Crippen LogP contribution >= 0.6 is 0 Å². The van der Waals surface area contributed by atoms with Crippen LogP contribution in [0.25, 0.3) is 0 Å². The smallest absolute Gasteiger partial charge is 0.335 e. The lowest BCUT2D eigenvalue weighted by molar-refractivity contribution is 0.0696. The van der Waals surface area contributed by atoms with Crippen LogP contribution in [0.3, 0.4) is 0 Å². The van der Waals surface area contributed by atoms with Crippen molar-refractivity contribution in [3.63, 3.8) is 0 Å². The van der Waals surface area contributed by atoms with E-state index in [9.17, 15) is 22.7 Å². The molecule has 9 heteroatoms. The number of aromatic carboxylic acids is 1. The molecule has 26 heavy (non-hydrogen) atoms. The van der Waals surface area contributed by atoms with Crippen molar-refractivity contribution in [1.29, 1.82) is 0 Å². The predicted molar refractivity (Wildman–Crippen MR) is 94.0 cm³/mol. The molecule has 1 saturated heterocycles. The van der Waals surface area contributed by atoms with Crippen molar-refractivity contribution >= 4 is 16.0 Å². The van der Waals surface area contributed by atoms with Gasteiger partial charge < -0.3 is 10.2 Å². The molecule has 1 aromatic rings. The number of carboxylic acids is 1. The van der Waals surface area contributed by atoms with Crippen molar-refractivity contribution in [2.45, 2.75) is 31.2 Å². The average Bonchev–Trinajstić information content (AvgIpc) is 2.56. The molecule has 0 saturated carbocycles. The zero-order valence-electron chi connectivity index (χ0n) is 14.9. The van der Waals surface area contributed by atoms with Crippen molar-refractivity contribution in [1.82, 2.24) is 9.21 Å². The number of sulfonamides is 1. The average molecular weight is 388 g/mol. The van der Waals surface area contributed by atoms with Gasteiger partial charge in [-0.15, -0.1) is 0 Å². The Bertz CT molecular complexity index is 754. The summed E-state index contributed by atoms with van der Waals surface area (Å²) in [5, 5.41) is 18.3. The molecule has 7 nitrogen and oxygen atoms in total. The van der Waals surface area contributed by atoms with Gasteiger partial charge in [-0.25, -0.2) is 17.6 Å². The number of hydrogen-bond acceptors (Lipinski definition) is 5. The summed E-state index contributed by atoms with van der Waals surface area (Å²) in [6, 6.07) is 2.58. The molecule has 0 spiro atoms. The minimum absolute atomic E-state index is 0.0734. The van der Waals surface area contributed by atoms with Crippen LogP contribution in [0, 0.1) is 11.7 Å². The summed E-state index contributed by atoms with van der Waals surface area (Å²) in [5.41, 5.74) is -0.282. The molecule has 1 aromatic carbocycles. The van der Waals surface area contributed by atoms with E-state index < -0.39 is 26.7 Å². The van der Waals surface area contributed by atoms with E-state index in [1.165, 1.54) is 4.31 Å². The number of carbonyl (C=O) groups is 1. The normalized spacial score (nSPS) is 19.8. The minimum Gasteiger partial charge on any atom is -0.478 e. The Labute approximate surface area is 153 Å². The number of rotatable bonds is 7. The van der Waals surface area contributed by atoms with Gasteiger partial charge in [0.1, 0.15) is 10.7 Å². The first kappa shape index (κ1) is 20.8. The molecule has 0 bridgehead atoms. The lowest BCUT2D eigenvalue weighted by Crippen LogP contribution is -2.55. The number of benzene rings is 1. The maximum Gasteiger partial charge on any atom is 0.335 e. The molecule has 1 aliphatic rings. The van der Waals surface area contributed by atoms with Gasteiger partial charge in [0.05, 0.1) is 5.56 Å². The Hall–Kier alpha value is -1.55. The lowest BCUT2D eigenvalue weighted by atomic mass is 10.1. The van der Waals surface area contributed by atoms with Crippen molar-refractivity contribution in [3.8, 4) is 0 Å². The quantitative estimate of drug-likeness (QED) is 0.729. The van der Waals surface area contributed by atoms with Gasteiger partial charge in [0, 0.05) is 38.8 Å². The number of aliphatic hydroxyl groups excluding tert-OH is 1. The number of piperazine rings is 1. The van der Waals surface area contributed by atoms with Crippen LogP contribution < -0.4 is 0 Å². The minimum atomic E-state index is -4.17. The van der Waals surface area contributed by atoms with E-state index in [0.29, 0.717) is 18.9 Å². The summed E-state index contributed by atoms with van der Waals surface area (Å²) in [6.45, 7) is 5.62. The Morgan fingerprint density at radius 1 is 1.35 bits per heavy atom. The fourth-order valence-corrected chi connectivity index (χ4v) is 4.75. The summed E-state index contributed by atoms with van der Waals surface area (Å²) in [4.78, 5) is 12.6. The molecule has 2 rings (SSSR count). The van der Waals surface area contributed by atoms with Crippen LogP contribution in [0.15, 0.2) is 23.1 Å². The van der Waals surface area contributed by atoms with Crippen molar-refractivity contribution in [3.05, 3.63) is 29.6 Å². The molecule has 1 heterocycles. The fraction of sp³-hybridized carbons (Fsp3) is 0.588. The fourth-order valence-electron chi connectivity index (χ4n) is 3.19. The maximum atomic E-state index is 14.1. The molecule has 1 atom stereocenters. The van der Waals surface area contributed by atoms with Gasteiger partial charge >= 0.3 is 5.97 Å². The third-order valence-electron chi connectivity index (χ3n) is 4.43. The van der Waals surface area contributed by atoms with Crippen LogP contribution in [0.4, 0.5) is 4.39 Å². The Balaban J connectivity index is 2.29. The Morgan fingerprint density at radius 3 is 2.62 bits per heavy atom. The monoisotopic (exact) mass is 388 g/mol. The maximum absolute atomic E-state index is 14.1. The highest BCUT2D eigenvalue weighted by Crippen LogP contribution is 2.25. The van der Waals surface area contributed by atoms with Gasteiger partial charge in [-0.3, -0.25) is 4.90 Å². The third-order valence-corrected chi connectivity index (χ3v) is 6.31. The molecule has 2 N–H and O–H groups in total. The van der Waals surface area contributed by atoms with Crippen LogP contribution in [0.5, 0.6) is 0 Å². The van der Waals surface area contributed by atoms with E-state index in [0.717, 1.165) is 24.7 Å². The molecule has 1 fully saturated rings. The lowest BCUT2D eigenvalue weighted by Gasteiger charge is -2.41. The number of halogens is 1. The van der Waals surface area contributed by atoms with E-state index in [1.54, 1.807) is 0 Å². The molecular weight excluding hydrogens is 363 g/mol. The van der Waals surface area contributed by atoms with Gasteiger partial charge in [-0.1, -0.05) is 13.8 Å². The van der Waals surface area contributed by atoms with E-state index in [1.807, 2.05) is 0 Å². The molecule has 1 aliphatic heterocycles. The predicted octanol–water partition coefficient (Wildman–Crippen LogP) is 1.24. The first-order valence-corrected chi connectivity index (χ1v) is 9.98. The Morgan fingerprint density at radius 2 is 2.04 bits per heavy atom. The van der Waals surface area contributed by atoms with E-state index >= 15 is 0 Å². The molecule has 146 valence electrons. The zero-order chi connectivity index (χ0) is 19.5. The summed E-state index contributed by atoms with van der Waals surface area (Å²) >= 11 is 0. The number of nitrogens with zero attached hydrogens (tertiary/aromatic N) is 2. The zero-order valence-corrected chi connectivity index (χ0v) is 15.7. The van der Waals surface area contributed by atoms with Crippen molar-refractivity contribution in [2.75, 3.05) is 32.8 Å². The molecule has 1 unspecified atom stereocenters. The van der Waals surface area contributed by atoms with E-state index in [4.69, 9.17) is 5.11 Å². The molecule has 0 radical (unpaired) electrons. The van der Waals surface area contributed by atoms with Crippen molar-refractivity contribution in [2.24, 2.45) is 5.92 Å². The number of aliphatic hydroxyl groups is 1. The van der Waals surface area contributed by atoms with Gasteiger partial charge in [0.25, 0.3) is 0 Å². The molecule has 0 aromatic heterocycles. The largest absolute Gasteiger partial charge is 0.478 e. The van der Waals surface area contributed by atoms with E-state index in [-0.39, 0.29) is 31.3 Å². The van der Waals surface area contributed by atoms with Gasteiger partial charge in [0.2, 0.25) is 10.0 Å². The van der Waals surface area contributed by atoms with Gasteiger partial charge in [-0.05, 0) is 30.5 Å². The van der Waals surface area contributed by atoms with Crippen molar-refractivity contribution < 1.29 is 27.8 Å². The molecular formula is C17H25FN2O5S. The highest BCUT2D eigenvalue weighted by Gasteiger charge is 2.35. The summed E-state index contributed by atoms with van der Waals surface area (Å²) in [5.74, 6) is -1.90. The third kappa shape index (κ3) is 4.59. The standard InChI is InChI=1S/C17H25FN2O5S/c1-12(2)10-19-6-7-20(11-14(19)5-8-21)26(24,25)16-9-13(17(22)23)3-4-15(16)18/h3-4,9,12,14,21H,5-8,10-11H2,1-2H3,(H,22,23). The molecule has 0 amide bonds. The SMILES string of the molecule is CC(C)CN1CCN(S(=O)(=O)c2cc(C(=O)O)ccc2F)CC1CCO. The van der Waals surface area contributed by atoms with Crippen LogP contribution in [0.1, 0.15) is 30.6 Å². The van der Waals surface area contributed by atoms with Gasteiger partial charge in [0.15, 0.2) is 0 Å². The summed E-state index contributed by atoms with van der Waals surface area (Å²) in [7, 11) is -4.17. The summed E-state index contributed by atoms with van der Waals surface area (Å²) < 4.78 is 41.1. The van der Waals surface area contributed by atoms with Crippen LogP contribution in [-0.2, 0) is 10.0 Å². The topological polar surface area (TPSA) is 98.2 Å². The second-order valence-corrected chi connectivity index (χ2v) is 8.77. The second-order valence-electron chi connectivity index (χ2n) is 6.87. The number of hydrogen-bond donors (Lipinski definition) is 2. The summed E-state index contributed by atoms with van der Waals surface area (Å²) in [6.07, 6.45) is 0.413.